The number of aryl methyl sites for hydroxylation is 2. The van der Waals surface area contributed by atoms with Crippen LogP contribution < -0.4 is 15.5 Å². The number of piperazine rings is 1. The molecule has 1 aromatic carbocycles. The van der Waals surface area contributed by atoms with Crippen molar-refractivity contribution in [2.45, 2.75) is 20.3 Å². The molecule has 0 aliphatic carbocycles. The van der Waals surface area contributed by atoms with Crippen molar-refractivity contribution in [2.24, 2.45) is 0 Å². The number of hydrogen-bond donors (Lipinski definition) is 2. The Balaban J connectivity index is 0.000000171. The first-order valence-electron chi connectivity index (χ1n) is 10.3. The first-order chi connectivity index (χ1) is 14.7. The van der Waals surface area contributed by atoms with Gasteiger partial charge in [-0.1, -0.05) is 31.2 Å². The zero-order valence-electron chi connectivity index (χ0n) is 17.6. The number of anilines is 2. The molecule has 6 nitrogen and oxygen atoms in total. The van der Waals surface area contributed by atoms with Gasteiger partial charge in [0.2, 0.25) is 6.41 Å². The van der Waals surface area contributed by atoms with E-state index in [0.717, 1.165) is 44.0 Å². The summed E-state index contributed by atoms with van der Waals surface area (Å²) in [5, 5.41) is 5.81. The fraction of sp³-hybridized carbons (Fsp3) is 0.292. The number of nitrogens with zero attached hydrogens (tertiary/aromatic N) is 3. The van der Waals surface area contributed by atoms with Gasteiger partial charge in [0.1, 0.15) is 5.82 Å². The van der Waals surface area contributed by atoms with Crippen LogP contribution in [0.2, 0.25) is 0 Å². The summed E-state index contributed by atoms with van der Waals surface area (Å²) in [7, 11) is 0. The molecule has 0 atom stereocenters. The molecule has 0 saturated carbocycles. The molecule has 0 radical (unpaired) electrons. The zero-order chi connectivity index (χ0) is 21.2. The standard InChI is InChI=1S/C14H15N.C10H14N4O/c1-3-12-4-6-13(7-5-12)14-8-9-15-11(2)10-14;15-8-13-10-2-1-9(7-12-10)14-5-3-11-4-6-14/h4-10H,3H2,1-2H3;1-2,7-8,11H,3-6H2,(H,12,13,15). The van der Waals surface area contributed by atoms with Crippen LogP contribution in [0.5, 0.6) is 0 Å². The van der Waals surface area contributed by atoms with Gasteiger partial charge in [-0.25, -0.2) is 4.98 Å². The molecular weight excluding hydrogens is 374 g/mol. The van der Waals surface area contributed by atoms with Gasteiger partial charge >= 0.3 is 0 Å². The van der Waals surface area contributed by atoms with E-state index in [1.54, 1.807) is 6.20 Å². The summed E-state index contributed by atoms with van der Waals surface area (Å²) in [5.41, 5.74) is 6.05. The van der Waals surface area contributed by atoms with Crippen molar-refractivity contribution in [1.29, 1.82) is 0 Å². The molecule has 1 aliphatic heterocycles. The summed E-state index contributed by atoms with van der Waals surface area (Å²) in [6.07, 6.45) is 5.37. The number of aromatic nitrogens is 2. The quantitative estimate of drug-likeness (QED) is 0.636. The Morgan fingerprint density at radius 3 is 2.40 bits per heavy atom. The highest BCUT2D eigenvalue weighted by molar-refractivity contribution is 5.69. The number of rotatable bonds is 5. The SMILES string of the molecule is CCc1ccc(-c2ccnc(C)c2)cc1.O=CNc1ccc(N2CCNCC2)cn1. The largest absolute Gasteiger partial charge is 0.368 e. The van der Waals surface area contributed by atoms with Crippen LogP contribution in [-0.2, 0) is 11.2 Å². The Bertz CT molecular complexity index is 919. The second-order valence-electron chi connectivity index (χ2n) is 7.14. The van der Waals surface area contributed by atoms with Crippen LogP contribution in [0, 0.1) is 6.92 Å². The summed E-state index contributed by atoms with van der Waals surface area (Å²) in [6, 6.07) is 16.7. The Morgan fingerprint density at radius 2 is 1.80 bits per heavy atom. The summed E-state index contributed by atoms with van der Waals surface area (Å²) in [5.74, 6) is 0.587. The molecular formula is C24H29N5O. The number of benzene rings is 1. The highest BCUT2D eigenvalue weighted by Crippen LogP contribution is 2.20. The van der Waals surface area contributed by atoms with E-state index >= 15 is 0 Å². The number of hydrogen-bond acceptors (Lipinski definition) is 5. The monoisotopic (exact) mass is 403 g/mol. The van der Waals surface area contributed by atoms with Crippen LogP contribution in [0.25, 0.3) is 11.1 Å². The van der Waals surface area contributed by atoms with Crippen LogP contribution >= 0.6 is 0 Å². The molecule has 3 aromatic rings. The van der Waals surface area contributed by atoms with E-state index in [1.165, 1.54) is 16.7 Å². The van der Waals surface area contributed by atoms with E-state index in [4.69, 9.17) is 0 Å². The maximum atomic E-state index is 10.2. The topological polar surface area (TPSA) is 70.2 Å². The van der Waals surface area contributed by atoms with Gasteiger partial charge in [-0.05, 0) is 54.3 Å². The third-order valence-electron chi connectivity index (χ3n) is 5.03. The van der Waals surface area contributed by atoms with Crippen molar-refractivity contribution in [2.75, 3.05) is 36.4 Å². The predicted molar refractivity (Wildman–Crippen MR) is 123 cm³/mol. The maximum absolute atomic E-state index is 10.2. The Labute approximate surface area is 178 Å². The van der Waals surface area contributed by atoms with E-state index in [-0.39, 0.29) is 0 Å². The molecule has 1 saturated heterocycles. The second-order valence-corrected chi connectivity index (χ2v) is 7.14. The summed E-state index contributed by atoms with van der Waals surface area (Å²) < 4.78 is 0. The maximum Gasteiger partial charge on any atom is 0.212 e. The minimum atomic E-state index is 0.587. The molecule has 0 unspecified atom stereocenters. The van der Waals surface area contributed by atoms with Gasteiger partial charge in [-0.15, -0.1) is 0 Å². The lowest BCUT2D eigenvalue weighted by atomic mass is 10.0. The molecule has 156 valence electrons. The number of nitrogens with one attached hydrogen (secondary N) is 2. The Kier molecular flexibility index (Phi) is 7.92. The Hall–Kier alpha value is -3.25. The first-order valence-corrected chi connectivity index (χ1v) is 10.3. The van der Waals surface area contributed by atoms with Crippen molar-refractivity contribution in [3.05, 3.63) is 72.2 Å². The lowest BCUT2D eigenvalue weighted by molar-refractivity contribution is -0.105. The van der Waals surface area contributed by atoms with Gasteiger partial charge in [-0.3, -0.25) is 9.78 Å². The van der Waals surface area contributed by atoms with Gasteiger partial charge in [0, 0.05) is 38.1 Å². The molecule has 1 fully saturated rings. The molecule has 0 bridgehead atoms. The second kappa shape index (κ2) is 11.1. The van der Waals surface area contributed by atoms with Crippen molar-refractivity contribution in [1.82, 2.24) is 15.3 Å². The van der Waals surface area contributed by atoms with E-state index in [0.29, 0.717) is 12.2 Å². The van der Waals surface area contributed by atoms with Gasteiger partial charge in [-0.2, -0.15) is 0 Å². The summed E-state index contributed by atoms with van der Waals surface area (Å²) >= 11 is 0. The number of carbonyl (C=O) groups is 1. The third kappa shape index (κ3) is 6.12. The van der Waals surface area contributed by atoms with Gasteiger partial charge in [0.05, 0.1) is 11.9 Å². The number of carbonyl (C=O) groups excluding carboxylic acids is 1. The molecule has 3 heterocycles. The molecule has 4 rings (SSSR count). The number of amides is 1. The van der Waals surface area contributed by atoms with Gasteiger partial charge in [0.15, 0.2) is 0 Å². The van der Waals surface area contributed by atoms with Gasteiger partial charge in [0.25, 0.3) is 0 Å². The van der Waals surface area contributed by atoms with E-state index in [2.05, 4.69) is 62.8 Å². The van der Waals surface area contributed by atoms with E-state index in [1.807, 2.05) is 31.3 Å². The molecule has 30 heavy (non-hydrogen) atoms. The van der Waals surface area contributed by atoms with E-state index in [9.17, 15) is 4.79 Å². The molecule has 1 aliphatic rings. The number of pyridine rings is 2. The van der Waals surface area contributed by atoms with Crippen molar-refractivity contribution in [3.63, 3.8) is 0 Å². The molecule has 6 heteroatoms. The van der Waals surface area contributed by atoms with Gasteiger partial charge < -0.3 is 15.5 Å². The highest BCUT2D eigenvalue weighted by Gasteiger charge is 2.10. The molecule has 1 amide bonds. The molecule has 2 aromatic heterocycles. The normalized spacial score (nSPS) is 13.2. The minimum absolute atomic E-state index is 0.587. The fourth-order valence-corrected chi connectivity index (χ4v) is 3.30. The van der Waals surface area contributed by atoms with Crippen molar-refractivity contribution >= 4 is 17.9 Å². The van der Waals surface area contributed by atoms with Crippen molar-refractivity contribution < 1.29 is 4.79 Å². The van der Waals surface area contributed by atoms with Crippen LogP contribution in [0.15, 0.2) is 60.9 Å². The minimum Gasteiger partial charge on any atom is -0.368 e. The first kappa shape index (κ1) is 21.5. The Morgan fingerprint density at radius 1 is 1.03 bits per heavy atom. The van der Waals surface area contributed by atoms with Crippen molar-refractivity contribution in [3.8, 4) is 11.1 Å². The predicted octanol–water partition coefficient (Wildman–Crippen LogP) is 3.68. The fourth-order valence-electron chi connectivity index (χ4n) is 3.30. The molecule has 2 N–H and O–H groups in total. The lowest BCUT2D eigenvalue weighted by Gasteiger charge is -2.29. The summed E-state index contributed by atoms with van der Waals surface area (Å²) in [6.45, 7) is 8.21. The summed E-state index contributed by atoms with van der Waals surface area (Å²) in [4.78, 5) is 20.8. The smallest absolute Gasteiger partial charge is 0.212 e. The average Bonchev–Trinajstić information content (AvgIpc) is 2.81. The zero-order valence-corrected chi connectivity index (χ0v) is 17.6. The lowest BCUT2D eigenvalue weighted by Crippen LogP contribution is -2.43. The van der Waals surface area contributed by atoms with Crippen LogP contribution in [0.1, 0.15) is 18.2 Å². The van der Waals surface area contributed by atoms with E-state index < -0.39 is 0 Å². The molecule has 0 spiro atoms. The van der Waals surface area contributed by atoms with Crippen LogP contribution in [0.3, 0.4) is 0 Å². The highest BCUT2D eigenvalue weighted by atomic mass is 16.1. The average molecular weight is 404 g/mol. The van der Waals surface area contributed by atoms with Crippen LogP contribution in [0.4, 0.5) is 11.5 Å². The van der Waals surface area contributed by atoms with Crippen LogP contribution in [-0.4, -0.2) is 42.6 Å². The third-order valence-corrected chi connectivity index (χ3v) is 5.03.